The molecule has 7 nitrogen and oxygen atoms in total. The number of carbonyl (C=O) groups is 1. The molecule has 0 amide bonds. The van der Waals surface area contributed by atoms with E-state index in [4.69, 9.17) is 9.47 Å². The van der Waals surface area contributed by atoms with Crippen LogP contribution in [0.1, 0.15) is 28.9 Å². The average molecular weight is 411 g/mol. The Morgan fingerprint density at radius 1 is 1.14 bits per heavy atom. The van der Waals surface area contributed by atoms with Crippen molar-refractivity contribution in [3.63, 3.8) is 0 Å². The van der Waals surface area contributed by atoms with Crippen molar-refractivity contribution in [2.75, 3.05) is 26.3 Å². The number of ether oxygens (including phenoxy) is 2. The Labute approximate surface area is 171 Å². The van der Waals surface area contributed by atoms with E-state index in [0.29, 0.717) is 36.8 Å². The maximum absolute atomic E-state index is 12.9. The van der Waals surface area contributed by atoms with Crippen LogP contribution in [0.5, 0.6) is 11.5 Å². The second-order valence-corrected chi connectivity index (χ2v) is 8.29. The summed E-state index contributed by atoms with van der Waals surface area (Å²) < 4.78 is 12.7. The molecule has 5 rings (SSSR count). The van der Waals surface area contributed by atoms with Crippen LogP contribution in [0.25, 0.3) is 4.96 Å². The lowest BCUT2D eigenvalue weighted by Crippen LogP contribution is -2.36. The summed E-state index contributed by atoms with van der Waals surface area (Å²) >= 11 is 1.46. The predicted octanol–water partition coefficient (Wildman–Crippen LogP) is 2.62. The van der Waals surface area contributed by atoms with Crippen molar-refractivity contribution >= 4 is 22.1 Å². The number of Topliss-reactive ketones (excluding diaryl/α,β-unsaturated/α-hetero) is 1. The Kier molecular flexibility index (Phi) is 4.81. The first-order chi connectivity index (χ1) is 14.2. The van der Waals surface area contributed by atoms with Gasteiger partial charge in [-0.3, -0.25) is 18.9 Å². The summed E-state index contributed by atoms with van der Waals surface area (Å²) in [4.78, 5) is 32.7. The highest BCUT2D eigenvalue weighted by Gasteiger charge is 2.27. The van der Waals surface area contributed by atoms with E-state index < -0.39 is 0 Å². The van der Waals surface area contributed by atoms with Crippen molar-refractivity contribution in [2.24, 2.45) is 5.92 Å². The second-order valence-electron chi connectivity index (χ2n) is 7.41. The minimum atomic E-state index is -0.0464. The van der Waals surface area contributed by atoms with Gasteiger partial charge in [0, 0.05) is 35.7 Å². The van der Waals surface area contributed by atoms with Gasteiger partial charge in [0.1, 0.15) is 13.2 Å². The molecule has 0 N–H and O–H groups in total. The predicted molar refractivity (Wildman–Crippen MR) is 109 cm³/mol. The van der Waals surface area contributed by atoms with Gasteiger partial charge >= 0.3 is 0 Å². The van der Waals surface area contributed by atoms with E-state index in [-0.39, 0.29) is 17.3 Å². The zero-order valence-electron chi connectivity index (χ0n) is 15.9. The van der Waals surface area contributed by atoms with Crippen molar-refractivity contribution in [2.45, 2.75) is 19.4 Å². The zero-order chi connectivity index (χ0) is 19.8. The average Bonchev–Trinajstić information content (AvgIpc) is 3.23. The molecule has 2 aromatic heterocycles. The Balaban J connectivity index is 1.23. The third-order valence-corrected chi connectivity index (χ3v) is 6.28. The van der Waals surface area contributed by atoms with Crippen molar-refractivity contribution < 1.29 is 14.3 Å². The monoisotopic (exact) mass is 411 g/mol. The summed E-state index contributed by atoms with van der Waals surface area (Å²) in [5.74, 6) is 1.53. The number of ketones is 1. The molecule has 3 aromatic rings. The number of hydrogen-bond donors (Lipinski definition) is 0. The molecule has 8 heteroatoms. The van der Waals surface area contributed by atoms with Crippen LogP contribution < -0.4 is 15.0 Å². The number of fused-ring (bicyclic) bond motifs is 2. The highest BCUT2D eigenvalue weighted by Crippen LogP contribution is 2.32. The van der Waals surface area contributed by atoms with Crippen molar-refractivity contribution in [3.8, 4) is 11.5 Å². The van der Waals surface area contributed by atoms with Gasteiger partial charge in [0.25, 0.3) is 5.56 Å². The Morgan fingerprint density at radius 2 is 1.93 bits per heavy atom. The fourth-order valence-corrected chi connectivity index (χ4v) is 4.72. The fourth-order valence-electron chi connectivity index (χ4n) is 3.98. The minimum Gasteiger partial charge on any atom is -0.486 e. The normalized spacial score (nSPS) is 17.5. The molecule has 0 bridgehead atoms. The molecule has 2 aliphatic heterocycles. The quantitative estimate of drug-likeness (QED) is 0.615. The fraction of sp³-hybridized carbons (Fsp3) is 0.381. The third kappa shape index (κ3) is 3.65. The first kappa shape index (κ1) is 18.3. The van der Waals surface area contributed by atoms with Crippen LogP contribution in [0, 0.1) is 5.92 Å². The zero-order valence-corrected chi connectivity index (χ0v) is 16.7. The van der Waals surface area contributed by atoms with E-state index in [0.717, 1.165) is 36.6 Å². The highest BCUT2D eigenvalue weighted by atomic mass is 32.1. The molecule has 4 heterocycles. The van der Waals surface area contributed by atoms with Crippen LogP contribution >= 0.6 is 11.3 Å². The van der Waals surface area contributed by atoms with Gasteiger partial charge < -0.3 is 9.47 Å². The number of thiazole rings is 1. The van der Waals surface area contributed by atoms with Crippen LogP contribution in [0.4, 0.5) is 0 Å². The highest BCUT2D eigenvalue weighted by molar-refractivity contribution is 7.15. The van der Waals surface area contributed by atoms with Crippen LogP contribution in [0.2, 0.25) is 0 Å². The maximum atomic E-state index is 12.9. The van der Waals surface area contributed by atoms with Crippen LogP contribution in [0.3, 0.4) is 0 Å². The Bertz CT molecular complexity index is 1110. The van der Waals surface area contributed by atoms with Crippen LogP contribution in [-0.4, -0.2) is 46.4 Å². The molecule has 0 saturated carbocycles. The van der Waals surface area contributed by atoms with Crippen LogP contribution in [-0.2, 0) is 6.54 Å². The molecule has 0 radical (unpaired) electrons. The number of benzene rings is 1. The SMILES string of the molecule is O=C(c1ccc2c(c1)OCCO2)C1CCN(Cc2cc(=O)n3ccsc3n2)CC1. The second kappa shape index (κ2) is 7.61. The smallest absolute Gasteiger partial charge is 0.258 e. The van der Waals surface area contributed by atoms with E-state index >= 15 is 0 Å². The van der Waals surface area contributed by atoms with Gasteiger partial charge in [-0.25, -0.2) is 4.98 Å². The Hall–Kier alpha value is -2.71. The molecule has 29 heavy (non-hydrogen) atoms. The molecule has 0 atom stereocenters. The first-order valence-corrected chi connectivity index (χ1v) is 10.7. The summed E-state index contributed by atoms with van der Waals surface area (Å²) in [5, 5.41) is 1.86. The maximum Gasteiger partial charge on any atom is 0.258 e. The number of nitrogens with zero attached hydrogens (tertiary/aromatic N) is 3. The lowest BCUT2D eigenvalue weighted by molar-refractivity contribution is 0.0833. The van der Waals surface area contributed by atoms with E-state index in [1.54, 1.807) is 22.7 Å². The van der Waals surface area contributed by atoms with Gasteiger partial charge in [-0.05, 0) is 44.1 Å². The summed E-state index contributed by atoms with van der Waals surface area (Å²) in [5.41, 5.74) is 1.43. The molecular weight excluding hydrogens is 390 g/mol. The molecule has 2 aliphatic rings. The van der Waals surface area contributed by atoms with Crippen LogP contribution in [0.15, 0.2) is 40.6 Å². The number of likely N-dealkylation sites (tertiary alicyclic amines) is 1. The lowest BCUT2D eigenvalue weighted by Gasteiger charge is -2.31. The summed E-state index contributed by atoms with van der Waals surface area (Å²) in [6, 6.07) is 7.06. The molecular formula is C21H21N3O4S. The van der Waals surface area contributed by atoms with Gasteiger partial charge in [-0.2, -0.15) is 0 Å². The number of aromatic nitrogens is 2. The van der Waals surface area contributed by atoms with Gasteiger partial charge in [0.2, 0.25) is 0 Å². The summed E-state index contributed by atoms with van der Waals surface area (Å²) in [6.07, 6.45) is 3.34. The molecule has 0 spiro atoms. The van der Waals surface area contributed by atoms with Gasteiger partial charge in [0.05, 0.1) is 5.69 Å². The van der Waals surface area contributed by atoms with Crippen molar-refractivity contribution in [1.82, 2.24) is 14.3 Å². The van der Waals surface area contributed by atoms with E-state index in [1.165, 1.54) is 11.3 Å². The number of hydrogen-bond acceptors (Lipinski definition) is 7. The molecule has 1 saturated heterocycles. The van der Waals surface area contributed by atoms with Gasteiger partial charge in [-0.1, -0.05) is 0 Å². The standard InChI is InChI=1S/C21H21N3O4S/c25-19-12-16(22-21-24(19)7-10-29-21)13-23-5-3-14(4-6-23)20(26)15-1-2-17-18(11-15)28-9-8-27-17/h1-2,7,10-12,14H,3-6,8-9,13H2. The van der Waals surface area contributed by atoms with E-state index in [9.17, 15) is 9.59 Å². The van der Waals surface area contributed by atoms with Gasteiger partial charge in [-0.15, -0.1) is 11.3 Å². The molecule has 1 aromatic carbocycles. The van der Waals surface area contributed by atoms with Gasteiger partial charge in [0.15, 0.2) is 22.2 Å². The first-order valence-electron chi connectivity index (χ1n) is 9.79. The lowest BCUT2D eigenvalue weighted by atomic mass is 9.88. The third-order valence-electron chi connectivity index (χ3n) is 5.53. The largest absolute Gasteiger partial charge is 0.486 e. The Morgan fingerprint density at radius 3 is 2.76 bits per heavy atom. The van der Waals surface area contributed by atoms with E-state index in [1.807, 2.05) is 17.5 Å². The summed E-state index contributed by atoms with van der Waals surface area (Å²) in [7, 11) is 0. The van der Waals surface area contributed by atoms with E-state index in [2.05, 4.69) is 9.88 Å². The number of carbonyl (C=O) groups excluding carboxylic acids is 1. The number of piperidine rings is 1. The van der Waals surface area contributed by atoms with Crippen molar-refractivity contribution in [3.05, 3.63) is 57.5 Å². The molecule has 0 aliphatic carbocycles. The van der Waals surface area contributed by atoms with Crippen molar-refractivity contribution in [1.29, 1.82) is 0 Å². The number of rotatable bonds is 4. The molecule has 0 unspecified atom stereocenters. The molecule has 1 fully saturated rings. The minimum absolute atomic E-state index is 0.00664. The molecule has 150 valence electrons. The summed E-state index contributed by atoms with van der Waals surface area (Å²) in [6.45, 7) is 3.31. The topological polar surface area (TPSA) is 73.1 Å².